The van der Waals surface area contributed by atoms with Crippen LogP contribution in [0.3, 0.4) is 0 Å². The number of carboxylic acid groups (broad SMARTS) is 1. The molecule has 0 radical (unpaired) electrons. The van der Waals surface area contributed by atoms with Crippen molar-refractivity contribution < 1.29 is 18.3 Å². The summed E-state index contributed by atoms with van der Waals surface area (Å²) < 4.78 is 24.9. The highest BCUT2D eigenvalue weighted by Crippen LogP contribution is 2.27. The van der Waals surface area contributed by atoms with E-state index in [1.807, 2.05) is 0 Å². The number of aromatic nitrogens is 3. The van der Waals surface area contributed by atoms with Gasteiger partial charge in [-0.15, -0.1) is 5.10 Å². The fraction of sp³-hybridized carbons (Fsp3) is 0. The molecular weight excluding hydrogens is 412 g/mol. The van der Waals surface area contributed by atoms with Gasteiger partial charge >= 0.3 is 5.97 Å². The van der Waals surface area contributed by atoms with Crippen LogP contribution in [0.5, 0.6) is 0 Å². The number of rotatable bonds is 4. The highest BCUT2D eigenvalue weighted by Gasteiger charge is 2.21. The predicted molar refractivity (Wildman–Crippen MR) is 92.8 cm³/mol. The number of hydrogen-bond donors (Lipinski definition) is 2. The number of aromatic carboxylic acids is 1. The summed E-state index contributed by atoms with van der Waals surface area (Å²) in [5.41, 5.74) is 1.12. The molecule has 0 saturated carbocycles. The van der Waals surface area contributed by atoms with E-state index in [9.17, 15) is 18.3 Å². The van der Waals surface area contributed by atoms with Gasteiger partial charge in [0.05, 0.1) is 10.6 Å². The van der Waals surface area contributed by atoms with Gasteiger partial charge < -0.3 is 5.11 Å². The molecule has 25 heavy (non-hydrogen) atoms. The van der Waals surface area contributed by atoms with E-state index in [1.54, 1.807) is 24.3 Å². The zero-order valence-corrected chi connectivity index (χ0v) is 14.9. The number of carboxylic acids is 1. The van der Waals surface area contributed by atoms with Crippen molar-refractivity contribution in [1.82, 2.24) is 15.0 Å². The van der Waals surface area contributed by atoms with E-state index < -0.39 is 16.0 Å². The number of benzene rings is 2. The fourth-order valence-electron chi connectivity index (χ4n) is 2.25. The summed E-state index contributed by atoms with van der Waals surface area (Å²) >= 11 is 3.32. The largest absolute Gasteiger partial charge is 0.476 e. The van der Waals surface area contributed by atoms with Gasteiger partial charge in [0, 0.05) is 10.0 Å². The predicted octanol–water partition coefficient (Wildman–Crippen LogP) is 2.04. The molecule has 0 aliphatic rings. The topological polar surface area (TPSA) is 128 Å². The lowest BCUT2D eigenvalue weighted by Gasteiger charge is -2.08. The van der Waals surface area contributed by atoms with Crippen molar-refractivity contribution in [1.29, 1.82) is 0 Å². The third-order valence-electron chi connectivity index (χ3n) is 3.40. The maximum Gasteiger partial charge on any atom is 0.358 e. The van der Waals surface area contributed by atoms with Crippen LogP contribution in [-0.4, -0.2) is 34.5 Å². The Hall–Kier alpha value is -2.56. The minimum atomic E-state index is -3.82. The van der Waals surface area contributed by atoms with E-state index in [0.717, 1.165) is 4.47 Å². The Morgan fingerprint density at radius 3 is 2.20 bits per heavy atom. The molecule has 3 rings (SSSR count). The summed E-state index contributed by atoms with van der Waals surface area (Å²) in [7, 11) is -3.82. The van der Waals surface area contributed by atoms with Gasteiger partial charge in [-0.3, -0.25) is 0 Å². The van der Waals surface area contributed by atoms with Crippen molar-refractivity contribution in [3.63, 3.8) is 0 Å². The monoisotopic (exact) mass is 422 g/mol. The lowest BCUT2D eigenvalue weighted by Crippen LogP contribution is -2.12. The van der Waals surface area contributed by atoms with E-state index in [4.69, 9.17) is 5.14 Å². The second kappa shape index (κ2) is 6.39. The van der Waals surface area contributed by atoms with Crippen molar-refractivity contribution in [2.24, 2.45) is 5.14 Å². The highest BCUT2D eigenvalue weighted by molar-refractivity contribution is 9.10. The zero-order chi connectivity index (χ0) is 18.2. The standard InChI is InChI=1S/C15H11BrN4O4S/c16-10-3-1-9(2-4-10)14-13(15(21)22)18-19-20(14)11-5-7-12(8-6-11)25(17,23)24/h1-8H,(H,21,22)(H2,17,23,24). The maximum absolute atomic E-state index is 11.5. The Morgan fingerprint density at radius 1 is 1.08 bits per heavy atom. The first-order valence-electron chi connectivity index (χ1n) is 6.85. The molecule has 10 heteroatoms. The summed E-state index contributed by atoms with van der Waals surface area (Å²) in [5, 5.41) is 22.1. The Bertz CT molecular complexity index is 1040. The van der Waals surface area contributed by atoms with E-state index in [2.05, 4.69) is 26.2 Å². The lowest BCUT2D eigenvalue weighted by atomic mass is 10.1. The number of halogens is 1. The van der Waals surface area contributed by atoms with E-state index >= 15 is 0 Å². The molecule has 0 saturated heterocycles. The SMILES string of the molecule is NS(=O)(=O)c1ccc(-n2nnc(C(=O)O)c2-c2ccc(Br)cc2)cc1. The van der Waals surface area contributed by atoms with Gasteiger partial charge in [0.25, 0.3) is 0 Å². The number of carbonyl (C=O) groups is 1. The Kier molecular flexibility index (Phi) is 4.41. The number of nitrogens with zero attached hydrogens (tertiary/aromatic N) is 3. The summed E-state index contributed by atoms with van der Waals surface area (Å²) in [6, 6.07) is 12.6. The van der Waals surface area contributed by atoms with Crippen LogP contribution in [0.4, 0.5) is 0 Å². The van der Waals surface area contributed by atoms with Crippen LogP contribution in [0.1, 0.15) is 10.5 Å². The quantitative estimate of drug-likeness (QED) is 0.661. The van der Waals surface area contributed by atoms with Crippen molar-refractivity contribution in [3.05, 3.63) is 58.7 Å². The Labute approximate surface area is 151 Å². The van der Waals surface area contributed by atoms with Gasteiger partial charge in [0.2, 0.25) is 10.0 Å². The molecule has 0 bridgehead atoms. The number of sulfonamides is 1. The Morgan fingerprint density at radius 2 is 1.68 bits per heavy atom. The van der Waals surface area contributed by atoms with Crippen molar-refractivity contribution in [2.75, 3.05) is 0 Å². The molecule has 3 aromatic rings. The summed E-state index contributed by atoms with van der Waals surface area (Å²) in [5.74, 6) is -1.22. The third kappa shape index (κ3) is 3.45. The summed E-state index contributed by atoms with van der Waals surface area (Å²) in [6.45, 7) is 0. The smallest absolute Gasteiger partial charge is 0.358 e. The van der Waals surface area contributed by atoms with E-state index in [1.165, 1.54) is 28.9 Å². The van der Waals surface area contributed by atoms with Crippen molar-refractivity contribution >= 4 is 31.9 Å². The van der Waals surface area contributed by atoms with Gasteiger partial charge in [0.1, 0.15) is 5.69 Å². The molecule has 0 aliphatic heterocycles. The highest BCUT2D eigenvalue weighted by atomic mass is 79.9. The molecule has 0 atom stereocenters. The van der Waals surface area contributed by atoms with Crippen LogP contribution in [-0.2, 0) is 10.0 Å². The van der Waals surface area contributed by atoms with E-state index in [-0.39, 0.29) is 16.3 Å². The van der Waals surface area contributed by atoms with Crippen LogP contribution in [0.2, 0.25) is 0 Å². The fourth-order valence-corrected chi connectivity index (χ4v) is 3.03. The van der Waals surface area contributed by atoms with Crippen LogP contribution < -0.4 is 5.14 Å². The Balaban J connectivity index is 2.17. The zero-order valence-electron chi connectivity index (χ0n) is 12.5. The summed E-state index contributed by atoms with van der Waals surface area (Å²) in [6.07, 6.45) is 0. The second-order valence-corrected chi connectivity index (χ2v) is 7.53. The molecule has 0 spiro atoms. The normalized spacial score (nSPS) is 11.4. The van der Waals surface area contributed by atoms with Crippen molar-refractivity contribution in [2.45, 2.75) is 4.90 Å². The summed E-state index contributed by atoms with van der Waals surface area (Å²) in [4.78, 5) is 11.4. The van der Waals surface area contributed by atoms with Crippen LogP contribution in [0, 0.1) is 0 Å². The van der Waals surface area contributed by atoms with Gasteiger partial charge in [-0.25, -0.2) is 23.0 Å². The molecule has 128 valence electrons. The van der Waals surface area contributed by atoms with Crippen LogP contribution in [0.15, 0.2) is 57.9 Å². The van der Waals surface area contributed by atoms with Gasteiger partial charge in [0.15, 0.2) is 5.69 Å². The molecule has 0 unspecified atom stereocenters. The number of primary sulfonamides is 1. The van der Waals surface area contributed by atoms with Gasteiger partial charge in [-0.2, -0.15) is 0 Å². The second-order valence-electron chi connectivity index (χ2n) is 5.05. The first-order valence-corrected chi connectivity index (χ1v) is 9.19. The molecule has 1 aromatic heterocycles. The number of nitrogens with two attached hydrogens (primary N) is 1. The molecule has 8 nitrogen and oxygen atoms in total. The molecular formula is C15H11BrN4O4S. The van der Waals surface area contributed by atoms with Crippen LogP contribution in [0.25, 0.3) is 16.9 Å². The van der Waals surface area contributed by atoms with E-state index in [0.29, 0.717) is 11.3 Å². The molecule has 0 aliphatic carbocycles. The first kappa shape index (κ1) is 17.3. The first-order chi connectivity index (χ1) is 11.8. The lowest BCUT2D eigenvalue weighted by molar-refractivity contribution is 0.0691. The van der Waals surface area contributed by atoms with Gasteiger partial charge in [-0.1, -0.05) is 33.3 Å². The molecule has 1 heterocycles. The minimum absolute atomic E-state index is 0.0555. The maximum atomic E-state index is 11.5. The third-order valence-corrected chi connectivity index (χ3v) is 4.86. The average molecular weight is 423 g/mol. The van der Waals surface area contributed by atoms with Crippen LogP contribution >= 0.6 is 15.9 Å². The molecule has 3 N–H and O–H groups in total. The van der Waals surface area contributed by atoms with Crippen molar-refractivity contribution in [3.8, 4) is 16.9 Å². The molecule has 0 fully saturated rings. The number of hydrogen-bond acceptors (Lipinski definition) is 5. The minimum Gasteiger partial charge on any atom is -0.476 e. The molecule has 0 amide bonds. The van der Waals surface area contributed by atoms with Gasteiger partial charge in [-0.05, 0) is 36.4 Å². The molecule has 2 aromatic carbocycles. The average Bonchev–Trinajstić information content (AvgIpc) is 3.00.